The molecule has 27 heavy (non-hydrogen) atoms. The zero-order valence-electron chi connectivity index (χ0n) is 15.7. The molecule has 0 spiro atoms. The number of nitrogens with zero attached hydrogens (tertiary/aromatic N) is 1. The third-order valence-electron chi connectivity index (χ3n) is 4.03. The zero-order valence-corrected chi connectivity index (χ0v) is 16.6. The Balaban J connectivity index is 2.27. The van der Waals surface area contributed by atoms with Crippen LogP contribution in [0.25, 0.3) is 0 Å². The number of hydrogen-bond donors (Lipinski definition) is 2. The van der Waals surface area contributed by atoms with Gasteiger partial charge in [0, 0.05) is 11.3 Å². The minimum absolute atomic E-state index is 0.316. The third-order valence-corrected chi connectivity index (χ3v) is 5.14. The van der Waals surface area contributed by atoms with Crippen molar-refractivity contribution in [3.63, 3.8) is 0 Å². The Bertz CT molecular complexity index is 960. The number of rotatable bonds is 6. The average Bonchev–Trinajstić information content (AvgIpc) is 2.52. The van der Waals surface area contributed by atoms with E-state index in [9.17, 15) is 18.0 Å². The molecule has 7 nitrogen and oxygen atoms in total. The van der Waals surface area contributed by atoms with Crippen LogP contribution in [0.4, 0.5) is 11.4 Å². The predicted molar refractivity (Wildman–Crippen MR) is 106 cm³/mol. The minimum Gasteiger partial charge on any atom is -0.366 e. The van der Waals surface area contributed by atoms with Crippen molar-refractivity contribution in [2.75, 3.05) is 22.4 Å². The molecule has 0 aliphatic rings. The topological polar surface area (TPSA) is 110 Å². The first-order valence-electron chi connectivity index (χ1n) is 8.24. The smallest absolute Gasteiger partial charge is 0.248 e. The highest BCUT2D eigenvalue weighted by Gasteiger charge is 2.24. The summed E-state index contributed by atoms with van der Waals surface area (Å²) < 4.78 is 25.7. The molecule has 144 valence electrons. The fourth-order valence-corrected chi connectivity index (χ4v) is 3.95. The molecule has 2 amide bonds. The van der Waals surface area contributed by atoms with Crippen LogP contribution in [0.3, 0.4) is 0 Å². The van der Waals surface area contributed by atoms with Crippen LogP contribution in [0.1, 0.15) is 27.0 Å². The lowest BCUT2D eigenvalue weighted by atomic mass is 10.1. The number of carbonyl (C=O) groups excluding carboxylic acids is 2. The molecule has 0 saturated carbocycles. The molecule has 0 fully saturated rings. The molecule has 0 atom stereocenters. The van der Waals surface area contributed by atoms with Crippen LogP contribution < -0.4 is 15.4 Å². The van der Waals surface area contributed by atoms with Gasteiger partial charge in [0.1, 0.15) is 6.54 Å². The van der Waals surface area contributed by atoms with E-state index >= 15 is 0 Å². The number of anilines is 2. The molecule has 2 aromatic carbocycles. The summed E-state index contributed by atoms with van der Waals surface area (Å²) in [5.74, 6) is -1.06. The van der Waals surface area contributed by atoms with Gasteiger partial charge in [-0.1, -0.05) is 17.7 Å². The van der Waals surface area contributed by atoms with E-state index in [0.29, 0.717) is 16.9 Å². The van der Waals surface area contributed by atoms with Crippen molar-refractivity contribution in [3.05, 3.63) is 58.7 Å². The Hall–Kier alpha value is -2.87. The molecule has 0 bridgehead atoms. The Morgan fingerprint density at radius 3 is 2.00 bits per heavy atom. The fraction of sp³-hybridized carbons (Fsp3) is 0.263. The van der Waals surface area contributed by atoms with Crippen molar-refractivity contribution in [2.24, 2.45) is 5.73 Å². The lowest BCUT2D eigenvalue weighted by molar-refractivity contribution is -0.114. The van der Waals surface area contributed by atoms with Crippen LogP contribution in [-0.4, -0.2) is 33.0 Å². The van der Waals surface area contributed by atoms with Crippen LogP contribution >= 0.6 is 0 Å². The third kappa shape index (κ3) is 5.07. The number of aryl methyl sites for hydroxylation is 3. The Labute approximate surface area is 159 Å². The van der Waals surface area contributed by atoms with E-state index in [1.54, 1.807) is 0 Å². The van der Waals surface area contributed by atoms with Crippen molar-refractivity contribution in [1.82, 2.24) is 0 Å². The van der Waals surface area contributed by atoms with Crippen molar-refractivity contribution < 1.29 is 18.0 Å². The number of primary amides is 1. The highest BCUT2D eigenvalue weighted by molar-refractivity contribution is 7.92. The van der Waals surface area contributed by atoms with E-state index in [1.807, 2.05) is 32.9 Å². The number of nitrogens with two attached hydrogens (primary N) is 1. The Kier molecular flexibility index (Phi) is 5.90. The highest BCUT2D eigenvalue weighted by Crippen LogP contribution is 2.28. The van der Waals surface area contributed by atoms with Gasteiger partial charge in [0.05, 0.1) is 11.9 Å². The van der Waals surface area contributed by atoms with Crippen molar-refractivity contribution in [2.45, 2.75) is 20.8 Å². The molecule has 0 saturated heterocycles. The summed E-state index contributed by atoms with van der Waals surface area (Å²) in [6, 6.07) is 9.79. The lowest BCUT2D eigenvalue weighted by Gasteiger charge is -2.26. The zero-order chi connectivity index (χ0) is 20.4. The lowest BCUT2D eigenvalue weighted by Crippen LogP contribution is -2.38. The van der Waals surface area contributed by atoms with Gasteiger partial charge < -0.3 is 11.1 Å². The molecular formula is C19H23N3O4S. The number of carbonyl (C=O) groups is 2. The summed E-state index contributed by atoms with van der Waals surface area (Å²) in [7, 11) is -3.67. The number of hydrogen-bond acceptors (Lipinski definition) is 4. The largest absolute Gasteiger partial charge is 0.366 e. The van der Waals surface area contributed by atoms with E-state index in [4.69, 9.17) is 5.73 Å². The molecule has 0 heterocycles. The average molecular weight is 389 g/mol. The standard InChI is InChI=1S/C19H23N3O4S/c1-12-9-13(2)18(14(3)10-12)22(27(4,25)26)11-17(23)21-16-7-5-15(6-8-16)19(20)24/h5-10H,11H2,1-4H3,(H2,20,24)(H,21,23). The SMILES string of the molecule is Cc1cc(C)c(N(CC(=O)Nc2ccc(C(N)=O)cc2)S(C)(=O)=O)c(C)c1. The summed E-state index contributed by atoms with van der Waals surface area (Å²) in [6.07, 6.45) is 1.07. The molecule has 2 aromatic rings. The van der Waals surface area contributed by atoms with Gasteiger partial charge in [0.25, 0.3) is 0 Å². The first-order chi connectivity index (χ1) is 12.5. The van der Waals surface area contributed by atoms with Gasteiger partial charge in [-0.05, 0) is 56.2 Å². The molecule has 0 aromatic heterocycles. The van der Waals surface area contributed by atoms with Gasteiger partial charge in [0.15, 0.2) is 0 Å². The summed E-state index contributed by atoms with van der Waals surface area (Å²) in [6.45, 7) is 5.19. The fourth-order valence-electron chi connectivity index (χ4n) is 2.98. The van der Waals surface area contributed by atoms with Gasteiger partial charge in [-0.3, -0.25) is 13.9 Å². The second kappa shape index (κ2) is 7.79. The summed E-state index contributed by atoms with van der Waals surface area (Å²) >= 11 is 0. The molecular weight excluding hydrogens is 366 g/mol. The number of benzene rings is 2. The van der Waals surface area contributed by atoms with Gasteiger partial charge >= 0.3 is 0 Å². The molecule has 3 N–H and O–H groups in total. The maximum absolute atomic E-state index is 12.4. The maximum atomic E-state index is 12.4. The maximum Gasteiger partial charge on any atom is 0.248 e. The van der Waals surface area contributed by atoms with E-state index in [-0.39, 0.29) is 6.54 Å². The van der Waals surface area contributed by atoms with Gasteiger partial charge in [0.2, 0.25) is 21.8 Å². The van der Waals surface area contributed by atoms with Gasteiger partial charge in [-0.2, -0.15) is 0 Å². The van der Waals surface area contributed by atoms with Crippen LogP contribution in [0.15, 0.2) is 36.4 Å². The normalized spacial score (nSPS) is 11.1. The highest BCUT2D eigenvalue weighted by atomic mass is 32.2. The molecule has 0 aliphatic carbocycles. The van der Waals surface area contributed by atoms with Crippen molar-refractivity contribution in [1.29, 1.82) is 0 Å². The monoisotopic (exact) mass is 389 g/mol. The summed E-state index contributed by atoms with van der Waals surface area (Å²) in [5.41, 5.74) is 9.01. The van der Waals surface area contributed by atoms with E-state index < -0.39 is 21.8 Å². The van der Waals surface area contributed by atoms with Crippen LogP contribution in [0.2, 0.25) is 0 Å². The van der Waals surface area contributed by atoms with Crippen LogP contribution in [0.5, 0.6) is 0 Å². The quantitative estimate of drug-likeness (QED) is 0.788. The molecule has 0 radical (unpaired) electrons. The van der Waals surface area contributed by atoms with Crippen molar-refractivity contribution >= 4 is 33.2 Å². The summed E-state index contributed by atoms with van der Waals surface area (Å²) in [5, 5.41) is 2.63. The number of nitrogens with one attached hydrogen (secondary N) is 1. The van der Waals surface area contributed by atoms with Gasteiger partial charge in [-0.25, -0.2) is 8.42 Å². The first-order valence-corrected chi connectivity index (χ1v) is 10.1. The van der Waals surface area contributed by atoms with E-state index in [1.165, 1.54) is 24.3 Å². The minimum atomic E-state index is -3.67. The summed E-state index contributed by atoms with van der Waals surface area (Å²) in [4.78, 5) is 23.5. The number of sulfonamides is 1. The van der Waals surface area contributed by atoms with Gasteiger partial charge in [-0.15, -0.1) is 0 Å². The molecule has 0 aliphatic heterocycles. The van der Waals surface area contributed by atoms with Crippen LogP contribution in [0, 0.1) is 20.8 Å². The molecule has 2 rings (SSSR count). The van der Waals surface area contributed by atoms with Crippen molar-refractivity contribution in [3.8, 4) is 0 Å². The molecule has 0 unspecified atom stereocenters. The van der Waals surface area contributed by atoms with Crippen LogP contribution in [-0.2, 0) is 14.8 Å². The predicted octanol–water partition coefficient (Wildman–Crippen LogP) is 2.12. The van der Waals surface area contributed by atoms with E-state index in [0.717, 1.165) is 27.3 Å². The Morgan fingerprint density at radius 2 is 1.56 bits per heavy atom. The Morgan fingerprint density at radius 1 is 1.04 bits per heavy atom. The first kappa shape index (κ1) is 20.4. The second-order valence-electron chi connectivity index (χ2n) is 6.51. The second-order valence-corrected chi connectivity index (χ2v) is 8.41. The van der Waals surface area contributed by atoms with E-state index in [2.05, 4.69) is 5.32 Å². The molecule has 8 heteroatoms. The number of amides is 2.